The Labute approximate surface area is 177 Å². The molecule has 0 aromatic heterocycles. The Morgan fingerprint density at radius 2 is 1.86 bits per heavy atom. The van der Waals surface area contributed by atoms with Gasteiger partial charge in [0.15, 0.2) is 0 Å². The topological polar surface area (TPSA) is 42.0 Å². The monoisotopic (exact) mass is 402 g/mol. The summed E-state index contributed by atoms with van der Waals surface area (Å²) in [5.74, 6) is 3.18. The third-order valence-electron chi connectivity index (χ3n) is 10.4. The Bertz CT molecular complexity index is 683. The molecule has 5 rings (SSSR count). The van der Waals surface area contributed by atoms with Crippen LogP contribution < -0.4 is 0 Å². The van der Waals surface area contributed by atoms with Crippen LogP contribution in [0, 0.1) is 34.5 Å². The average Bonchev–Trinajstić information content (AvgIpc) is 3.11. The van der Waals surface area contributed by atoms with Crippen LogP contribution in [0.3, 0.4) is 0 Å². The third kappa shape index (κ3) is 3.17. The number of epoxide rings is 1. The number of hydrogen-bond acceptors (Lipinski definition) is 3. The van der Waals surface area contributed by atoms with E-state index < -0.39 is 0 Å². The van der Waals surface area contributed by atoms with E-state index >= 15 is 0 Å². The maximum atomic E-state index is 10.2. The molecule has 1 heterocycles. The van der Waals surface area contributed by atoms with E-state index in [-0.39, 0.29) is 17.8 Å². The minimum absolute atomic E-state index is 0.0229. The summed E-state index contributed by atoms with van der Waals surface area (Å²) < 4.78 is 12.1. The lowest BCUT2D eigenvalue weighted by atomic mass is 9.47. The maximum absolute atomic E-state index is 10.2. The van der Waals surface area contributed by atoms with Crippen molar-refractivity contribution >= 4 is 0 Å². The first-order valence-corrected chi connectivity index (χ1v) is 12.3. The molecule has 4 aliphatic carbocycles. The van der Waals surface area contributed by atoms with Crippen LogP contribution in [-0.2, 0) is 9.47 Å². The average molecular weight is 403 g/mol. The molecule has 0 spiro atoms. The van der Waals surface area contributed by atoms with Crippen LogP contribution in [0.4, 0.5) is 0 Å². The fraction of sp³-hybridized carbons (Fsp3) is 0.923. The van der Waals surface area contributed by atoms with Gasteiger partial charge in [0.1, 0.15) is 6.10 Å². The van der Waals surface area contributed by atoms with Crippen molar-refractivity contribution < 1.29 is 14.6 Å². The lowest BCUT2D eigenvalue weighted by molar-refractivity contribution is -0.0824. The van der Waals surface area contributed by atoms with Crippen molar-refractivity contribution in [2.24, 2.45) is 34.5 Å². The molecule has 0 radical (unpaired) electrons. The van der Waals surface area contributed by atoms with Crippen LogP contribution in [0.1, 0.15) is 86.0 Å². The SMILES string of the molecule is C[C@H](OCC1OC1(C)C)C1CCC2C3CC=C4C[C@@H](O)CCC4(C)C3CCC21C. The molecule has 3 saturated carbocycles. The van der Waals surface area contributed by atoms with Crippen molar-refractivity contribution in [1.29, 1.82) is 0 Å². The first-order chi connectivity index (χ1) is 13.6. The highest BCUT2D eigenvalue weighted by Gasteiger charge is 2.59. The van der Waals surface area contributed by atoms with Crippen molar-refractivity contribution in [1.82, 2.24) is 0 Å². The van der Waals surface area contributed by atoms with Crippen molar-refractivity contribution in [3.8, 4) is 0 Å². The fourth-order valence-electron chi connectivity index (χ4n) is 8.38. The molecule has 9 atom stereocenters. The highest BCUT2D eigenvalue weighted by atomic mass is 16.6. The Morgan fingerprint density at radius 1 is 1.10 bits per heavy atom. The van der Waals surface area contributed by atoms with E-state index in [1.165, 1.54) is 38.5 Å². The van der Waals surface area contributed by atoms with Gasteiger partial charge in [-0.25, -0.2) is 0 Å². The normalized spacial score (nSPS) is 51.4. The number of hydrogen-bond donors (Lipinski definition) is 1. The molecular formula is C26H42O3. The predicted octanol–water partition coefficient (Wildman–Crippen LogP) is 5.51. The van der Waals surface area contributed by atoms with Crippen LogP contribution in [0.15, 0.2) is 11.6 Å². The van der Waals surface area contributed by atoms with Crippen LogP contribution in [0.25, 0.3) is 0 Å². The predicted molar refractivity (Wildman–Crippen MR) is 116 cm³/mol. The molecule has 0 amide bonds. The van der Waals surface area contributed by atoms with Gasteiger partial charge < -0.3 is 14.6 Å². The molecule has 1 aliphatic heterocycles. The second-order valence-electron chi connectivity index (χ2n) is 12.1. The van der Waals surface area contributed by atoms with Gasteiger partial charge in [0.25, 0.3) is 0 Å². The van der Waals surface area contributed by atoms with Crippen LogP contribution in [0.5, 0.6) is 0 Å². The van der Waals surface area contributed by atoms with Gasteiger partial charge in [0, 0.05) is 0 Å². The minimum Gasteiger partial charge on any atom is -0.393 e. The molecule has 0 aromatic carbocycles. The quantitative estimate of drug-likeness (QED) is 0.498. The Hall–Kier alpha value is -0.380. The van der Waals surface area contributed by atoms with Crippen LogP contribution in [0.2, 0.25) is 0 Å². The Balaban J connectivity index is 1.30. The summed E-state index contributed by atoms with van der Waals surface area (Å²) in [7, 11) is 0. The van der Waals surface area contributed by atoms with E-state index in [0.717, 1.165) is 37.2 Å². The molecular weight excluding hydrogens is 360 g/mol. The smallest absolute Gasteiger partial charge is 0.110 e. The second-order valence-corrected chi connectivity index (χ2v) is 12.1. The van der Waals surface area contributed by atoms with Crippen molar-refractivity contribution in [3.63, 3.8) is 0 Å². The second kappa shape index (κ2) is 6.81. The van der Waals surface area contributed by atoms with Gasteiger partial charge in [0.05, 0.1) is 24.4 Å². The van der Waals surface area contributed by atoms with Gasteiger partial charge in [-0.2, -0.15) is 0 Å². The molecule has 164 valence electrons. The largest absolute Gasteiger partial charge is 0.393 e. The fourth-order valence-corrected chi connectivity index (χ4v) is 8.38. The third-order valence-corrected chi connectivity index (χ3v) is 10.4. The molecule has 0 aromatic rings. The lowest BCUT2D eigenvalue weighted by Gasteiger charge is -2.58. The molecule has 7 unspecified atom stereocenters. The van der Waals surface area contributed by atoms with E-state index in [0.29, 0.717) is 22.9 Å². The molecule has 3 nitrogen and oxygen atoms in total. The summed E-state index contributed by atoms with van der Waals surface area (Å²) in [4.78, 5) is 0. The highest BCUT2D eigenvalue weighted by molar-refractivity contribution is 5.25. The number of aliphatic hydroxyl groups excluding tert-OH is 1. The molecule has 4 fully saturated rings. The van der Waals surface area contributed by atoms with Gasteiger partial charge in [-0.3, -0.25) is 0 Å². The van der Waals surface area contributed by atoms with E-state index in [1.54, 1.807) is 5.57 Å². The number of fused-ring (bicyclic) bond motifs is 5. The van der Waals surface area contributed by atoms with E-state index in [1.807, 2.05) is 0 Å². The molecule has 5 aliphatic rings. The van der Waals surface area contributed by atoms with Crippen LogP contribution in [-0.4, -0.2) is 35.6 Å². The summed E-state index contributed by atoms with van der Waals surface area (Å²) in [5.41, 5.74) is 2.38. The standard InChI is InChI=1S/C26H42O3/c1-16(28-15-23-24(2,3)29-23)20-8-9-21-19-7-6-17-14-18(27)10-12-25(17,4)22(19)11-13-26(20,21)5/h6,16,18-23,27H,7-15H2,1-5H3/t16-,18-,19?,20?,21?,22?,23?,25?,26?/m0/s1. The molecule has 29 heavy (non-hydrogen) atoms. The number of allylic oxidation sites excluding steroid dienone is 1. The Kier molecular flexibility index (Phi) is 4.82. The summed E-state index contributed by atoms with van der Waals surface area (Å²) in [6.07, 6.45) is 12.8. The summed E-state index contributed by atoms with van der Waals surface area (Å²) in [6, 6.07) is 0. The van der Waals surface area contributed by atoms with Gasteiger partial charge >= 0.3 is 0 Å². The van der Waals surface area contributed by atoms with E-state index in [9.17, 15) is 5.11 Å². The zero-order chi connectivity index (χ0) is 20.6. The zero-order valence-electron chi connectivity index (χ0n) is 19.2. The lowest BCUT2D eigenvalue weighted by Crippen LogP contribution is -2.51. The van der Waals surface area contributed by atoms with Gasteiger partial charge in [-0.15, -0.1) is 0 Å². The van der Waals surface area contributed by atoms with Crippen molar-refractivity contribution in [3.05, 3.63) is 11.6 Å². The Morgan fingerprint density at radius 3 is 2.59 bits per heavy atom. The number of ether oxygens (including phenoxy) is 2. The van der Waals surface area contributed by atoms with Crippen molar-refractivity contribution in [2.45, 2.75) is 110 Å². The first kappa shape index (κ1) is 20.5. The van der Waals surface area contributed by atoms with Crippen molar-refractivity contribution in [2.75, 3.05) is 6.61 Å². The molecule has 0 bridgehead atoms. The van der Waals surface area contributed by atoms with Crippen LogP contribution >= 0.6 is 0 Å². The zero-order valence-corrected chi connectivity index (χ0v) is 19.2. The first-order valence-electron chi connectivity index (χ1n) is 12.3. The van der Waals surface area contributed by atoms with Gasteiger partial charge in [-0.05, 0) is 107 Å². The minimum atomic E-state index is -0.103. The molecule has 1 saturated heterocycles. The highest BCUT2D eigenvalue weighted by Crippen LogP contribution is 2.66. The summed E-state index contributed by atoms with van der Waals surface area (Å²) in [5, 5.41) is 10.2. The summed E-state index contributed by atoms with van der Waals surface area (Å²) in [6.45, 7) is 12.5. The number of rotatable bonds is 4. The van der Waals surface area contributed by atoms with E-state index in [4.69, 9.17) is 9.47 Å². The molecule has 1 N–H and O–H groups in total. The maximum Gasteiger partial charge on any atom is 0.110 e. The number of aliphatic hydroxyl groups is 1. The van der Waals surface area contributed by atoms with Gasteiger partial charge in [0.2, 0.25) is 0 Å². The molecule has 3 heteroatoms. The van der Waals surface area contributed by atoms with E-state index in [2.05, 4.69) is 40.7 Å². The van der Waals surface area contributed by atoms with Gasteiger partial charge in [-0.1, -0.05) is 25.5 Å². The summed E-state index contributed by atoms with van der Waals surface area (Å²) >= 11 is 0.